The summed E-state index contributed by atoms with van der Waals surface area (Å²) in [6.45, 7) is 5.02. The topological polar surface area (TPSA) is 60.4 Å². The standard InChI is InChI=1S/C17H16F6O4/c1-8(24)12(14(26)27-15(2,3)4)13(25)10-6-5-9(16(18,19)20)7-11(10)17(21,22)23/h5-7,12H,1-4H3. The molecule has 0 amide bonds. The molecule has 10 heteroatoms. The van der Waals surface area contributed by atoms with Crippen LogP contribution in [0, 0.1) is 5.92 Å². The van der Waals surface area contributed by atoms with Gasteiger partial charge in [-0.3, -0.25) is 14.4 Å². The monoisotopic (exact) mass is 398 g/mol. The van der Waals surface area contributed by atoms with Gasteiger partial charge >= 0.3 is 18.3 Å². The Hall–Kier alpha value is -2.39. The highest BCUT2D eigenvalue weighted by molar-refractivity contribution is 6.22. The fourth-order valence-corrected chi connectivity index (χ4v) is 2.14. The number of ketones is 2. The van der Waals surface area contributed by atoms with Crippen molar-refractivity contribution in [2.24, 2.45) is 5.92 Å². The van der Waals surface area contributed by atoms with Gasteiger partial charge in [-0.05, 0) is 39.8 Å². The molecule has 1 aromatic rings. The van der Waals surface area contributed by atoms with E-state index in [-0.39, 0.29) is 12.1 Å². The van der Waals surface area contributed by atoms with E-state index in [1.54, 1.807) is 0 Å². The zero-order valence-corrected chi connectivity index (χ0v) is 14.7. The van der Waals surface area contributed by atoms with Crippen molar-refractivity contribution in [3.63, 3.8) is 0 Å². The fourth-order valence-electron chi connectivity index (χ4n) is 2.14. The summed E-state index contributed by atoms with van der Waals surface area (Å²) >= 11 is 0. The van der Waals surface area contributed by atoms with Gasteiger partial charge in [0.1, 0.15) is 5.60 Å². The lowest BCUT2D eigenvalue weighted by Gasteiger charge is -2.23. The first kappa shape index (κ1) is 22.7. The number of halogens is 6. The van der Waals surface area contributed by atoms with E-state index >= 15 is 0 Å². The first-order valence-corrected chi connectivity index (χ1v) is 7.51. The number of carbonyl (C=O) groups excluding carboxylic acids is 3. The molecule has 150 valence electrons. The number of esters is 1. The molecule has 0 aromatic heterocycles. The Labute approximate surface area is 150 Å². The maximum Gasteiger partial charge on any atom is 0.417 e. The zero-order valence-electron chi connectivity index (χ0n) is 14.7. The van der Waals surface area contributed by atoms with Crippen LogP contribution in [-0.2, 0) is 26.7 Å². The van der Waals surface area contributed by atoms with Crippen molar-refractivity contribution in [3.8, 4) is 0 Å². The van der Waals surface area contributed by atoms with Gasteiger partial charge in [-0.1, -0.05) is 6.07 Å². The Kier molecular flexibility index (Phi) is 6.14. The van der Waals surface area contributed by atoms with E-state index in [4.69, 9.17) is 4.74 Å². The minimum absolute atomic E-state index is 0.237. The molecule has 0 N–H and O–H groups in total. The number of rotatable bonds is 4. The van der Waals surface area contributed by atoms with Crippen LogP contribution < -0.4 is 0 Å². The molecule has 1 unspecified atom stereocenters. The minimum atomic E-state index is -5.32. The van der Waals surface area contributed by atoms with Crippen LogP contribution >= 0.6 is 0 Å². The number of hydrogen-bond donors (Lipinski definition) is 0. The smallest absolute Gasteiger partial charge is 0.417 e. The molecule has 0 aliphatic carbocycles. The Morgan fingerprint density at radius 1 is 0.926 bits per heavy atom. The summed E-state index contributed by atoms with van der Waals surface area (Å²) in [6, 6.07) is 0.336. The highest BCUT2D eigenvalue weighted by Crippen LogP contribution is 2.38. The van der Waals surface area contributed by atoms with Gasteiger partial charge < -0.3 is 4.74 Å². The van der Waals surface area contributed by atoms with E-state index in [2.05, 4.69) is 0 Å². The predicted octanol–water partition coefficient (Wildman–Crippen LogP) is 4.45. The molecular formula is C17H16F6O4. The summed E-state index contributed by atoms with van der Waals surface area (Å²) in [7, 11) is 0. The van der Waals surface area contributed by atoms with Gasteiger partial charge in [0, 0.05) is 5.56 Å². The van der Waals surface area contributed by atoms with Crippen molar-refractivity contribution >= 4 is 17.5 Å². The Morgan fingerprint density at radius 2 is 1.44 bits per heavy atom. The third-order valence-electron chi connectivity index (χ3n) is 3.23. The Morgan fingerprint density at radius 3 is 1.81 bits per heavy atom. The second-order valence-electron chi connectivity index (χ2n) is 6.70. The summed E-state index contributed by atoms with van der Waals surface area (Å²) in [6.07, 6.45) is -10.4. The number of Topliss-reactive ketones (excluding diaryl/α,β-unsaturated/α-hetero) is 2. The molecule has 1 atom stereocenters. The summed E-state index contributed by atoms with van der Waals surface area (Å²) in [5.41, 5.74) is -5.88. The van der Waals surface area contributed by atoms with Gasteiger partial charge in [-0.2, -0.15) is 26.3 Å². The van der Waals surface area contributed by atoms with Gasteiger partial charge in [0.15, 0.2) is 17.5 Å². The predicted molar refractivity (Wildman–Crippen MR) is 80.8 cm³/mol. The van der Waals surface area contributed by atoms with Crippen molar-refractivity contribution in [2.45, 2.75) is 45.6 Å². The molecule has 0 fully saturated rings. The Bertz CT molecular complexity index is 756. The van der Waals surface area contributed by atoms with Gasteiger partial charge in [0.25, 0.3) is 0 Å². The van der Waals surface area contributed by atoms with E-state index in [1.165, 1.54) is 20.8 Å². The van der Waals surface area contributed by atoms with Crippen LogP contribution in [0.4, 0.5) is 26.3 Å². The second-order valence-corrected chi connectivity index (χ2v) is 6.70. The van der Waals surface area contributed by atoms with Crippen molar-refractivity contribution in [1.82, 2.24) is 0 Å². The molecule has 0 saturated heterocycles. The van der Waals surface area contributed by atoms with E-state index in [9.17, 15) is 40.7 Å². The van der Waals surface area contributed by atoms with Crippen LogP contribution in [-0.4, -0.2) is 23.1 Å². The molecule has 0 radical (unpaired) electrons. The summed E-state index contributed by atoms with van der Waals surface area (Å²) in [5, 5.41) is 0. The number of ether oxygens (including phenoxy) is 1. The van der Waals surface area contributed by atoms with Gasteiger partial charge in [0.05, 0.1) is 11.1 Å². The molecule has 0 aliphatic heterocycles. The third-order valence-corrected chi connectivity index (χ3v) is 3.23. The van der Waals surface area contributed by atoms with Crippen LogP contribution in [0.5, 0.6) is 0 Å². The SMILES string of the molecule is CC(=O)C(C(=O)OC(C)(C)C)C(=O)c1ccc(C(F)(F)F)cc1C(F)(F)F. The normalized spacial score (nSPS) is 13.9. The maximum atomic E-state index is 13.2. The number of carbonyl (C=O) groups is 3. The number of hydrogen-bond acceptors (Lipinski definition) is 4. The first-order valence-electron chi connectivity index (χ1n) is 7.51. The first-order chi connectivity index (χ1) is 11.9. The van der Waals surface area contributed by atoms with Gasteiger partial charge in [-0.25, -0.2) is 0 Å². The average molecular weight is 398 g/mol. The fraction of sp³-hybridized carbons (Fsp3) is 0.471. The van der Waals surface area contributed by atoms with Crippen LogP contribution in [0.2, 0.25) is 0 Å². The number of alkyl halides is 6. The van der Waals surface area contributed by atoms with Crippen molar-refractivity contribution in [1.29, 1.82) is 0 Å². The van der Waals surface area contributed by atoms with Crippen molar-refractivity contribution in [3.05, 3.63) is 34.9 Å². The lowest BCUT2D eigenvalue weighted by Crippen LogP contribution is -2.37. The molecule has 0 heterocycles. The molecule has 1 aromatic carbocycles. The average Bonchev–Trinajstić information content (AvgIpc) is 2.42. The lowest BCUT2D eigenvalue weighted by molar-refractivity contribution is -0.160. The molecule has 0 aliphatic rings. The molecule has 27 heavy (non-hydrogen) atoms. The molecular weight excluding hydrogens is 382 g/mol. The highest BCUT2D eigenvalue weighted by atomic mass is 19.4. The van der Waals surface area contributed by atoms with Crippen molar-refractivity contribution < 1.29 is 45.5 Å². The minimum Gasteiger partial charge on any atom is -0.459 e. The third kappa shape index (κ3) is 5.80. The van der Waals surface area contributed by atoms with Gasteiger partial charge in [-0.15, -0.1) is 0 Å². The molecule has 4 nitrogen and oxygen atoms in total. The molecule has 1 rings (SSSR count). The number of benzene rings is 1. The van der Waals surface area contributed by atoms with Crippen LogP contribution in [0.25, 0.3) is 0 Å². The molecule has 0 saturated carbocycles. The van der Waals surface area contributed by atoms with E-state index < -0.39 is 58.1 Å². The van der Waals surface area contributed by atoms with Gasteiger partial charge in [0.2, 0.25) is 0 Å². The highest BCUT2D eigenvalue weighted by Gasteiger charge is 2.43. The lowest BCUT2D eigenvalue weighted by atomic mass is 9.90. The van der Waals surface area contributed by atoms with Crippen molar-refractivity contribution in [2.75, 3.05) is 0 Å². The summed E-state index contributed by atoms with van der Waals surface area (Å²) in [4.78, 5) is 36.2. The second kappa shape index (κ2) is 7.32. The zero-order chi connectivity index (χ0) is 21.4. The maximum absolute atomic E-state index is 13.2. The quantitative estimate of drug-likeness (QED) is 0.325. The molecule has 0 spiro atoms. The largest absolute Gasteiger partial charge is 0.459 e. The van der Waals surface area contributed by atoms with E-state index in [1.807, 2.05) is 0 Å². The van der Waals surface area contributed by atoms with Crippen LogP contribution in [0.3, 0.4) is 0 Å². The van der Waals surface area contributed by atoms with E-state index in [0.29, 0.717) is 6.07 Å². The molecule has 0 bridgehead atoms. The van der Waals surface area contributed by atoms with Crippen LogP contribution in [0.15, 0.2) is 18.2 Å². The summed E-state index contributed by atoms with van der Waals surface area (Å²) in [5.74, 6) is -6.28. The summed E-state index contributed by atoms with van der Waals surface area (Å²) < 4.78 is 82.6. The van der Waals surface area contributed by atoms with Crippen LogP contribution in [0.1, 0.15) is 49.2 Å². The van der Waals surface area contributed by atoms with E-state index in [0.717, 1.165) is 6.92 Å². The Balaban J connectivity index is 3.50.